The van der Waals surface area contributed by atoms with E-state index >= 15 is 0 Å². The van der Waals surface area contributed by atoms with E-state index in [0.717, 1.165) is 21.8 Å². The Kier molecular flexibility index (Phi) is 4.62. The van der Waals surface area contributed by atoms with Crippen LogP contribution in [-0.4, -0.2) is 29.8 Å². The molecule has 0 aliphatic carbocycles. The average molecular weight is 390 g/mol. The van der Waals surface area contributed by atoms with E-state index in [2.05, 4.69) is 31.9 Å². The Hall–Kier alpha value is -0.880. The minimum atomic E-state index is -0.328. The summed E-state index contributed by atoms with van der Waals surface area (Å²) < 4.78 is 1.60. The molecule has 6 heteroatoms. The molecule has 4 nitrogen and oxygen atoms in total. The van der Waals surface area contributed by atoms with E-state index in [-0.39, 0.29) is 17.7 Å². The van der Waals surface area contributed by atoms with E-state index < -0.39 is 0 Å². The molecule has 1 aliphatic heterocycles. The SMILES string of the molecule is NC(=O)C1CCCN(C(=O)c2cc(Br)ccc2Br)C1. The van der Waals surface area contributed by atoms with Gasteiger partial charge in [-0.3, -0.25) is 9.59 Å². The van der Waals surface area contributed by atoms with Gasteiger partial charge in [-0.1, -0.05) is 15.9 Å². The number of rotatable bonds is 2. The van der Waals surface area contributed by atoms with Gasteiger partial charge in [0.25, 0.3) is 5.91 Å². The van der Waals surface area contributed by atoms with Gasteiger partial charge >= 0.3 is 0 Å². The minimum absolute atomic E-state index is 0.0703. The Balaban J connectivity index is 2.19. The molecule has 1 aliphatic rings. The van der Waals surface area contributed by atoms with Crippen LogP contribution >= 0.6 is 31.9 Å². The number of primary amides is 1. The Labute approximate surface area is 128 Å². The Morgan fingerprint density at radius 2 is 2.05 bits per heavy atom. The van der Waals surface area contributed by atoms with E-state index in [1.54, 1.807) is 11.0 Å². The molecule has 1 aromatic carbocycles. The lowest BCUT2D eigenvalue weighted by Gasteiger charge is -2.31. The topological polar surface area (TPSA) is 63.4 Å². The largest absolute Gasteiger partial charge is 0.369 e. The van der Waals surface area contributed by atoms with E-state index in [0.29, 0.717) is 18.7 Å². The van der Waals surface area contributed by atoms with Crippen LogP contribution in [0.5, 0.6) is 0 Å². The van der Waals surface area contributed by atoms with Crippen molar-refractivity contribution in [3.05, 3.63) is 32.7 Å². The van der Waals surface area contributed by atoms with E-state index in [4.69, 9.17) is 5.73 Å². The van der Waals surface area contributed by atoms with Gasteiger partial charge in [-0.2, -0.15) is 0 Å². The summed E-state index contributed by atoms with van der Waals surface area (Å²) in [5, 5.41) is 0. The van der Waals surface area contributed by atoms with Gasteiger partial charge < -0.3 is 10.6 Å². The molecule has 1 heterocycles. The standard InChI is InChI=1S/C13H14Br2N2O2/c14-9-3-4-11(15)10(6-9)13(19)17-5-1-2-8(7-17)12(16)18/h3-4,6,8H,1-2,5,7H2,(H2,16,18). The maximum absolute atomic E-state index is 12.5. The number of likely N-dealkylation sites (tertiary alicyclic amines) is 1. The van der Waals surface area contributed by atoms with Gasteiger partial charge in [0.05, 0.1) is 11.5 Å². The average Bonchev–Trinajstić information content (AvgIpc) is 2.41. The summed E-state index contributed by atoms with van der Waals surface area (Å²) in [6.45, 7) is 1.08. The normalized spacial score (nSPS) is 19.3. The predicted molar refractivity (Wildman–Crippen MR) is 79.7 cm³/mol. The Morgan fingerprint density at radius 1 is 1.32 bits per heavy atom. The van der Waals surface area contributed by atoms with Crippen LogP contribution in [0.15, 0.2) is 27.1 Å². The molecule has 0 aromatic heterocycles. The first-order valence-corrected chi connectivity index (χ1v) is 7.61. The third kappa shape index (κ3) is 3.36. The second-order valence-electron chi connectivity index (χ2n) is 4.62. The maximum Gasteiger partial charge on any atom is 0.255 e. The molecule has 2 N–H and O–H groups in total. The van der Waals surface area contributed by atoms with Crippen molar-refractivity contribution in [1.82, 2.24) is 4.90 Å². The Morgan fingerprint density at radius 3 is 2.74 bits per heavy atom. The fraction of sp³-hybridized carbons (Fsp3) is 0.385. The summed E-state index contributed by atoms with van der Waals surface area (Å²) in [6, 6.07) is 5.47. The van der Waals surface area contributed by atoms with E-state index in [9.17, 15) is 9.59 Å². The highest BCUT2D eigenvalue weighted by Crippen LogP contribution is 2.25. The molecular formula is C13H14Br2N2O2. The summed E-state index contributed by atoms with van der Waals surface area (Å²) >= 11 is 6.74. The fourth-order valence-corrected chi connectivity index (χ4v) is 3.00. The monoisotopic (exact) mass is 388 g/mol. The zero-order valence-electron chi connectivity index (χ0n) is 10.2. The fourth-order valence-electron chi connectivity index (χ4n) is 2.23. The molecule has 1 unspecified atom stereocenters. The molecule has 1 fully saturated rings. The second kappa shape index (κ2) is 6.05. The quantitative estimate of drug-likeness (QED) is 0.844. The van der Waals surface area contributed by atoms with Crippen molar-refractivity contribution in [1.29, 1.82) is 0 Å². The van der Waals surface area contributed by atoms with E-state index in [1.807, 2.05) is 12.1 Å². The zero-order valence-corrected chi connectivity index (χ0v) is 13.4. The molecule has 1 atom stereocenters. The number of amides is 2. The number of piperidine rings is 1. The Bertz CT molecular complexity index is 519. The van der Waals surface area contributed by atoms with Crippen molar-refractivity contribution in [3.8, 4) is 0 Å². The number of benzene rings is 1. The number of nitrogens with zero attached hydrogens (tertiary/aromatic N) is 1. The first-order valence-electron chi connectivity index (χ1n) is 6.02. The molecule has 1 aromatic rings. The number of hydrogen-bond acceptors (Lipinski definition) is 2. The number of carbonyl (C=O) groups is 2. The van der Waals surface area contributed by atoms with Gasteiger partial charge in [-0.05, 0) is 47.0 Å². The van der Waals surface area contributed by atoms with Crippen LogP contribution in [0, 0.1) is 5.92 Å². The molecule has 1 saturated heterocycles. The van der Waals surface area contributed by atoms with Crippen LogP contribution in [0.2, 0.25) is 0 Å². The summed E-state index contributed by atoms with van der Waals surface area (Å²) in [6.07, 6.45) is 1.57. The summed E-state index contributed by atoms with van der Waals surface area (Å²) in [7, 11) is 0. The molecule has 2 amide bonds. The smallest absolute Gasteiger partial charge is 0.255 e. The van der Waals surface area contributed by atoms with Crippen LogP contribution < -0.4 is 5.73 Å². The molecule has 0 spiro atoms. The summed E-state index contributed by atoms with van der Waals surface area (Å²) in [4.78, 5) is 25.4. The number of nitrogens with two attached hydrogens (primary N) is 1. The van der Waals surface area contributed by atoms with Gasteiger partial charge in [0.15, 0.2) is 0 Å². The highest BCUT2D eigenvalue weighted by molar-refractivity contribution is 9.11. The van der Waals surface area contributed by atoms with Crippen molar-refractivity contribution < 1.29 is 9.59 Å². The highest BCUT2D eigenvalue weighted by Gasteiger charge is 2.28. The van der Waals surface area contributed by atoms with Crippen LogP contribution in [0.4, 0.5) is 0 Å². The van der Waals surface area contributed by atoms with Gasteiger partial charge in [0, 0.05) is 22.0 Å². The molecule has 19 heavy (non-hydrogen) atoms. The highest BCUT2D eigenvalue weighted by atomic mass is 79.9. The first-order chi connectivity index (χ1) is 8.99. The molecule has 2 rings (SSSR count). The molecule has 0 radical (unpaired) electrons. The van der Waals surface area contributed by atoms with Crippen LogP contribution in [-0.2, 0) is 4.79 Å². The van der Waals surface area contributed by atoms with Crippen LogP contribution in [0.25, 0.3) is 0 Å². The number of carbonyl (C=O) groups excluding carboxylic acids is 2. The lowest BCUT2D eigenvalue weighted by atomic mass is 9.97. The van der Waals surface area contributed by atoms with Crippen molar-refractivity contribution in [2.24, 2.45) is 11.7 Å². The van der Waals surface area contributed by atoms with Crippen LogP contribution in [0.1, 0.15) is 23.2 Å². The van der Waals surface area contributed by atoms with Gasteiger partial charge in [0.2, 0.25) is 5.91 Å². The van der Waals surface area contributed by atoms with Crippen LogP contribution in [0.3, 0.4) is 0 Å². The van der Waals surface area contributed by atoms with Crippen molar-refractivity contribution in [3.63, 3.8) is 0 Å². The lowest BCUT2D eigenvalue weighted by molar-refractivity contribution is -0.123. The number of halogens is 2. The zero-order chi connectivity index (χ0) is 14.0. The first kappa shape index (κ1) is 14.5. The predicted octanol–water partition coefficient (Wildman–Crippen LogP) is 2.55. The summed E-state index contributed by atoms with van der Waals surface area (Å²) in [5.74, 6) is -0.631. The van der Waals surface area contributed by atoms with Crippen molar-refractivity contribution in [2.75, 3.05) is 13.1 Å². The van der Waals surface area contributed by atoms with E-state index in [1.165, 1.54) is 0 Å². The third-order valence-corrected chi connectivity index (χ3v) is 4.45. The van der Waals surface area contributed by atoms with Gasteiger partial charge in [-0.15, -0.1) is 0 Å². The molecule has 0 bridgehead atoms. The molecular weight excluding hydrogens is 376 g/mol. The molecule has 102 valence electrons. The van der Waals surface area contributed by atoms with Gasteiger partial charge in [0.1, 0.15) is 0 Å². The maximum atomic E-state index is 12.5. The van der Waals surface area contributed by atoms with Crippen molar-refractivity contribution in [2.45, 2.75) is 12.8 Å². The lowest BCUT2D eigenvalue weighted by Crippen LogP contribution is -2.44. The minimum Gasteiger partial charge on any atom is -0.369 e. The third-order valence-electron chi connectivity index (χ3n) is 3.27. The summed E-state index contributed by atoms with van der Waals surface area (Å²) in [5.41, 5.74) is 5.93. The number of hydrogen-bond donors (Lipinski definition) is 1. The van der Waals surface area contributed by atoms with Crippen molar-refractivity contribution >= 4 is 43.7 Å². The second-order valence-corrected chi connectivity index (χ2v) is 6.39. The van der Waals surface area contributed by atoms with Gasteiger partial charge in [-0.25, -0.2) is 0 Å². The molecule has 0 saturated carbocycles.